The Morgan fingerprint density at radius 3 is 2.48 bits per heavy atom. The molecular weight excluding hydrogens is 286 g/mol. The van der Waals surface area contributed by atoms with Gasteiger partial charge in [0.2, 0.25) is 0 Å². The molecule has 0 radical (unpaired) electrons. The standard InChI is InChI=1S/C20H37NO2/c1-19(2)15-9-11-20(19,3)18(13-15)23-12-10-17(22)14-21-16-7-5-4-6-8-16/h15-18,21-22H,4-14H2,1-3H3/t15-,17-,18-,20-/m0/s1. The molecule has 3 heteroatoms. The van der Waals surface area contributed by atoms with Crippen LogP contribution < -0.4 is 5.32 Å². The first-order valence-electron chi connectivity index (χ1n) is 9.96. The van der Waals surface area contributed by atoms with Gasteiger partial charge in [-0.05, 0) is 55.3 Å². The van der Waals surface area contributed by atoms with Gasteiger partial charge in [0.1, 0.15) is 0 Å². The van der Waals surface area contributed by atoms with Crippen molar-refractivity contribution in [3.05, 3.63) is 0 Å². The molecule has 3 aliphatic rings. The Kier molecular flexibility index (Phi) is 5.40. The van der Waals surface area contributed by atoms with E-state index in [1.54, 1.807) is 0 Å². The SMILES string of the molecule is CC1(C)[C@H]2CC[C@@]1(C)[C@@H](OCC[C@H](O)CNC1CCCCC1)C2. The van der Waals surface area contributed by atoms with Gasteiger partial charge in [-0.1, -0.05) is 40.0 Å². The molecule has 0 aromatic heterocycles. The maximum absolute atomic E-state index is 10.2. The minimum Gasteiger partial charge on any atom is -0.392 e. The third-order valence-electron chi connectivity index (χ3n) is 7.73. The molecule has 0 amide bonds. The van der Waals surface area contributed by atoms with Gasteiger partial charge >= 0.3 is 0 Å². The van der Waals surface area contributed by atoms with E-state index in [0.717, 1.165) is 18.9 Å². The number of fused-ring (bicyclic) bond motifs is 2. The third kappa shape index (κ3) is 3.48. The largest absolute Gasteiger partial charge is 0.392 e. The van der Waals surface area contributed by atoms with Crippen molar-refractivity contribution >= 4 is 0 Å². The molecule has 0 aliphatic heterocycles. The maximum atomic E-state index is 10.2. The van der Waals surface area contributed by atoms with Crippen molar-refractivity contribution in [1.29, 1.82) is 0 Å². The van der Waals surface area contributed by atoms with Gasteiger partial charge in [0.05, 0.1) is 12.2 Å². The van der Waals surface area contributed by atoms with Crippen molar-refractivity contribution in [2.24, 2.45) is 16.7 Å². The summed E-state index contributed by atoms with van der Waals surface area (Å²) in [5, 5.41) is 13.8. The summed E-state index contributed by atoms with van der Waals surface area (Å²) in [6, 6.07) is 0.629. The highest BCUT2D eigenvalue weighted by molar-refractivity contribution is 5.11. The van der Waals surface area contributed by atoms with Crippen molar-refractivity contribution < 1.29 is 9.84 Å². The first kappa shape index (κ1) is 17.7. The minimum absolute atomic E-state index is 0.267. The van der Waals surface area contributed by atoms with Crippen molar-refractivity contribution in [2.75, 3.05) is 13.2 Å². The topological polar surface area (TPSA) is 41.5 Å². The predicted octanol–water partition coefficient (Wildman–Crippen LogP) is 3.89. The Morgan fingerprint density at radius 1 is 1.13 bits per heavy atom. The second-order valence-electron chi connectivity index (χ2n) is 9.16. The maximum Gasteiger partial charge on any atom is 0.0686 e. The second-order valence-corrected chi connectivity index (χ2v) is 9.16. The van der Waals surface area contributed by atoms with E-state index in [1.807, 2.05) is 0 Å². The van der Waals surface area contributed by atoms with Crippen LogP contribution in [0.2, 0.25) is 0 Å². The van der Waals surface area contributed by atoms with Gasteiger partial charge < -0.3 is 15.2 Å². The van der Waals surface area contributed by atoms with E-state index in [2.05, 4.69) is 26.1 Å². The van der Waals surface area contributed by atoms with Crippen LogP contribution in [0.15, 0.2) is 0 Å². The lowest BCUT2D eigenvalue weighted by atomic mass is 9.70. The van der Waals surface area contributed by atoms with Gasteiger partial charge in [0.25, 0.3) is 0 Å². The van der Waals surface area contributed by atoms with Gasteiger partial charge in [0.15, 0.2) is 0 Å². The summed E-state index contributed by atoms with van der Waals surface area (Å²) in [6.45, 7) is 8.71. The van der Waals surface area contributed by atoms with Gasteiger partial charge in [-0.2, -0.15) is 0 Å². The molecule has 0 unspecified atom stereocenters. The number of hydrogen-bond donors (Lipinski definition) is 2. The summed E-state index contributed by atoms with van der Waals surface area (Å²) in [5.41, 5.74) is 0.752. The molecule has 134 valence electrons. The fraction of sp³-hybridized carbons (Fsp3) is 1.00. The average molecular weight is 324 g/mol. The van der Waals surface area contributed by atoms with Crippen LogP contribution in [-0.4, -0.2) is 36.5 Å². The molecule has 0 aromatic rings. The van der Waals surface area contributed by atoms with Crippen LogP contribution >= 0.6 is 0 Å². The monoisotopic (exact) mass is 323 g/mol. The fourth-order valence-electron chi connectivity index (χ4n) is 5.44. The lowest BCUT2D eigenvalue weighted by molar-refractivity contribution is -0.0547. The molecule has 0 saturated heterocycles. The van der Waals surface area contributed by atoms with Crippen LogP contribution in [0.25, 0.3) is 0 Å². The van der Waals surface area contributed by atoms with Gasteiger partial charge in [-0.25, -0.2) is 0 Å². The first-order valence-corrected chi connectivity index (χ1v) is 9.96. The molecule has 2 bridgehead atoms. The zero-order valence-electron chi connectivity index (χ0n) is 15.4. The summed E-state index contributed by atoms with van der Waals surface area (Å²) >= 11 is 0. The quantitative estimate of drug-likeness (QED) is 0.747. The van der Waals surface area contributed by atoms with E-state index in [4.69, 9.17) is 4.74 Å². The van der Waals surface area contributed by atoms with Crippen molar-refractivity contribution in [3.63, 3.8) is 0 Å². The van der Waals surface area contributed by atoms with E-state index >= 15 is 0 Å². The molecular formula is C20H37NO2. The molecule has 0 aromatic carbocycles. The summed E-state index contributed by atoms with van der Waals surface area (Å²) in [7, 11) is 0. The lowest BCUT2D eigenvalue weighted by Gasteiger charge is -2.39. The molecule has 3 aliphatic carbocycles. The van der Waals surface area contributed by atoms with E-state index in [1.165, 1.54) is 51.4 Å². The Balaban J connectivity index is 1.35. The number of hydrogen-bond acceptors (Lipinski definition) is 3. The van der Waals surface area contributed by atoms with E-state index in [0.29, 0.717) is 29.6 Å². The van der Waals surface area contributed by atoms with E-state index < -0.39 is 0 Å². The Morgan fingerprint density at radius 2 is 1.87 bits per heavy atom. The van der Waals surface area contributed by atoms with Crippen molar-refractivity contribution in [2.45, 2.75) is 96.8 Å². The molecule has 0 spiro atoms. The molecule has 3 fully saturated rings. The molecule has 2 N–H and O–H groups in total. The highest BCUT2D eigenvalue weighted by Gasteiger charge is 2.61. The normalized spacial score (nSPS) is 38.1. The van der Waals surface area contributed by atoms with Crippen molar-refractivity contribution in [3.8, 4) is 0 Å². The number of ether oxygens (including phenoxy) is 1. The molecule has 3 saturated carbocycles. The van der Waals surface area contributed by atoms with Crippen LogP contribution in [0.5, 0.6) is 0 Å². The summed E-state index contributed by atoms with van der Waals surface area (Å²) in [4.78, 5) is 0. The van der Waals surface area contributed by atoms with Crippen molar-refractivity contribution in [1.82, 2.24) is 5.32 Å². The molecule has 0 heterocycles. The number of aliphatic hydroxyl groups is 1. The molecule has 3 rings (SSSR count). The van der Waals surface area contributed by atoms with Crippen LogP contribution in [0.3, 0.4) is 0 Å². The number of nitrogens with one attached hydrogen (secondary N) is 1. The highest BCUT2D eigenvalue weighted by atomic mass is 16.5. The fourth-order valence-corrected chi connectivity index (χ4v) is 5.44. The van der Waals surface area contributed by atoms with Gasteiger partial charge in [-0.3, -0.25) is 0 Å². The molecule has 3 nitrogen and oxygen atoms in total. The highest BCUT2D eigenvalue weighted by Crippen LogP contribution is 2.66. The van der Waals surface area contributed by atoms with Crippen LogP contribution in [0.4, 0.5) is 0 Å². The Hall–Kier alpha value is -0.120. The van der Waals surface area contributed by atoms with E-state index in [-0.39, 0.29) is 6.10 Å². The van der Waals surface area contributed by atoms with Gasteiger partial charge in [-0.15, -0.1) is 0 Å². The summed E-state index contributed by atoms with van der Waals surface area (Å²) in [5.74, 6) is 0.829. The average Bonchev–Trinajstić information content (AvgIpc) is 2.87. The minimum atomic E-state index is -0.267. The predicted molar refractivity (Wildman–Crippen MR) is 94.5 cm³/mol. The third-order valence-corrected chi connectivity index (χ3v) is 7.73. The zero-order chi connectivity index (χ0) is 16.5. The zero-order valence-corrected chi connectivity index (χ0v) is 15.4. The second kappa shape index (κ2) is 7.01. The lowest BCUT2D eigenvalue weighted by Crippen LogP contribution is -2.39. The molecule has 23 heavy (non-hydrogen) atoms. The van der Waals surface area contributed by atoms with E-state index in [9.17, 15) is 5.11 Å². The van der Waals surface area contributed by atoms with Crippen LogP contribution in [-0.2, 0) is 4.74 Å². The Bertz CT molecular complexity index is 391. The summed E-state index contributed by atoms with van der Waals surface area (Å²) < 4.78 is 6.25. The number of rotatable bonds is 7. The molecule has 4 atom stereocenters. The van der Waals surface area contributed by atoms with Gasteiger partial charge in [0, 0.05) is 19.2 Å². The van der Waals surface area contributed by atoms with Crippen LogP contribution in [0.1, 0.15) is 78.6 Å². The number of aliphatic hydroxyl groups excluding tert-OH is 1. The first-order chi connectivity index (χ1) is 10.9. The smallest absolute Gasteiger partial charge is 0.0686 e. The Labute approximate surface area is 142 Å². The summed E-state index contributed by atoms with van der Waals surface area (Å²) in [6.07, 6.45) is 11.4. The van der Waals surface area contributed by atoms with Crippen LogP contribution in [0, 0.1) is 16.7 Å².